The molecule has 1 amide bonds. The second-order valence-electron chi connectivity index (χ2n) is 6.52. The van der Waals surface area contributed by atoms with E-state index in [4.69, 9.17) is 11.6 Å². The first kappa shape index (κ1) is 23.2. The maximum atomic E-state index is 13.3. The van der Waals surface area contributed by atoms with Crippen LogP contribution in [0.15, 0.2) is 88.9 Å². The van der Waals surface area contributed by atoms with E-state index in [1.54, 1.807) is 49.4 Å². The Labute approximate surface area is 200 Å². The molecule has 0 aromatic heterocycles. The molecule has 0 radical (unpaired) electrons. The molecule has 0 fully saturated rings. The standard InChI is InChI=1S/C22H19ClIN3O3S/c1-16(17-8-7-9-18(24)14-17)25-26-22(28)15-27(21-13-6-5-12-20(21)23)31(29,30)19-10-3-2-4-11-19/h2-14H,15H2,1H3,(H,26,28)/b25-16-. The second-order valence-corrected chi connectivity index (χ2v) is 10.0. The predicted molar refractivity (Wildman–Crippen MR) is 132 cm³/mol. The van der Waals surface area contributed by atoms with E-state index < -0.39 is 22.5 Å². The summed E-state index contributed by atoms with van der Waals surface area (Å²) in [5.41, 5.74) is 4.10. The number of amides is 1. The van der Waals surface area contributed by atoms with Gasteiger partial charge in [0.05, 0.1) is 21.3 Å². The number of hydrazone groups is 1. The average molecular weight is 568 g/mol. The Kier molecular flexibility index (Phi) is 7.69. The topological polar surface area (TPSA) is 78.8 Å². The maximum absolute atomic E-state index is 13.3. The molecule has 0 unspecified atom stereocenters. The first-order valence-corrected chi connectivity index (χ1v) is 12.1. The van der Waals surface area contributed by atoms with Gasteiger partial charge < -0.3 is 0 Å². The smallest absolute Gasteiger partial charge is 0.264 e. The largest absolute Gasteiger partial charge is 0.271 e. The molecule has 0 heterocycles. The number of nitrogens with zero attached hydrogens (tertiary/aromatic N) is 2. The van der Waals surface area contributed by atoms with Crippen LogP contribution in [0.25, 0.3) is 0 Å². The van der Waals surface area contributed by atoms with Crippen molar-refractivity contribution < 1.29 is 13.2 Å². The summed E-state index contributed by atoms with van der Waals surface area (Å²) in [6.07, 6.45) is 0. The van der Waals surface area contributed by atoms with Gasteiger partial charge in [0.15, 0.2) is 0 Å². The Hall–Kier alpha value is -2.43. The molecule has 0 aliphatic carbocycles. The van der Waals surface area contributed by atoms with Crippen molar-refractivity contribution in [2.45, 2.75) is 11.8 Å². The van der Waals surface area contributed by atoms with Crippen molar-refractivity contribution in [3.05, 3.63) is 93.0 Å². The van der Waals surface area contributed by atoms with Crippen molar-refractivity contribution in [3.8, 4) is 0 Å². The first-order chi connectivity index (χ1) is 14.8. The van der Waals surface area contributed by atoms with E-state index in [2.05, 4.69) is 33.1 Å². The number of benzene rings is 3. The molecule has 3 rings (SSSR count). The normalized spacial score (nSPS) is 11.8. The number of rotatable bonds is 7. The summed E-state index contributed by atoms with van der Waals surface area (Å²) < 4.78 is 28.6. The van der Waals surface area contributed by atoms with Gasteiger partial charge in [0, 0.05) is 3.57 Å². The van der Waals surface area contributed by atoms with Crippen LogP contribution in [0.2, 0.25) is 5.02 Å². The molecular weight excluding hydrogens is 549 g/mol. The number of halogens is 2. The Morgan fingerprint density at radius 2 is 1.71 bits per heavy atom. The van der Waals surface area contributed by atoms with Crippen LogP contribution < -0.4 is 9.73 Å². The van der Waals surface area contributed by atoms with Crippen molar-refractivity contribution in [2.24, 2.45) is 5.10 Å². The van der Waals surface area contributed by atoms with Crippen molar-refractivity contribution in [1.29, 1.82) is 0 Å². The highest BCUT2D eigenvalue weighted by atomic mass is 127. The molecule has 0 atom stereocenters. The van der Waals surface area contributed by atoms with Gasteiger partial charge in [-0.25, -0.2) is 13.8 Å². The van der Waals surface area contributed by atoms with Gasteiger partial charge in [0.1, 0.15) is 6.54 Å². The summed E-state index contributed by atoms with van der Waals surface area (Å²) in [6, 6.07) is 22.0. The molecule has 0 saturated heterocycles. The van der Waals surface area contributed by atoms with Gasteiger partial charge >= 0.3 is 0 Å². The van der Waals surface area contributed by atoms with Crippen LogP contribution in [0.1, 0.15) is 12.5 Å². The van der Waals surface area contributed by atoms with Crippen molar-refractivity contribution in [3.63, 3.8) is 0 Å². The fourth-order valence-electron chi connectivity index (χ4n) is 2.76. The Bertz CT molecular complexity index is 1220. The van der Waals surface area contributed by atoms with E-state index in [0.29, 0.717) is 5.71 Å². The second kappa shape index (κ2) is 10.3. The van der Waals surface area contributed by atoms with Crippen LogP contribution >= 0.6 is 34.2 Å². The van der Waals surface area contributed by atoms with Crippen molar-refractivity contribution >= 4 is 61.5 Å². The molecule has 0 aliphatic heterocycles. The van der Waals surface area contributed by atoms with Gasteiger partial charge in [-0.1, -0.05) is 54.1 Å². The third kappa shape index (κ3) is 5.84. The summed E-state index contributed by atoms with van der Waals surface area (Å²) >= 11 is 8.44. The lowest BCUT2D eigenvalue weighted by Crippen LogP contribution is -2.40. The van der Waals surface area contributed by atoms with Gasteiger partial charge in [-0.3, -0.25) is 9.10 Å². The van der Waals surface area contributed by atoms with E-state index in [1.165, 1.54) is 12.1 Å². The number of hydrogen-bond donors (Lipinski definition) is 1. The van der Waals surface area contributed by atoms with Gasteiger partial charge in [-0.05, 0) is 71.5 Å². The fourth-order valence-corrected chi connectivity index (χ4v) is 5.06. The molecule has 0 saturated carbocycles. The molecular formula is C22H19ClIN3O3S. The maximum Gasteiger partial charge on any atom is 0.264 e. The lowest BCUT2D eigenvalue weighted by Gasteiger charge is -2.24. The van der Waals surface area contributed by atoms with Gasteiger partial charge in [0.2, 0.25) is 0 Å². The number of carbonyl (C=O) groups excluding carboxylic acids is 1. The average Bonchev–Trinajstić information content (AvgIpc) is 2.77. The molecule has 0 spiro atoms. The zero-order valence-electron chi connectivity index (χ0n) is 16.5. The number of nitrogens with one attached hydrogen (secondary N) is 1. The van der Waals surface area contributed by atoms with E-state index in [1.807, 2.05) is 24.3 Å². The van der Waals surface area contributed by atoms with Crippen LogP contribution in [0.3, 0.4) is 0 Å². The van der Waals surface area contributed by atoms with E-state index >= 15 is 0 Å². The van der Waals surface area contributed by atoms with Gasteiger partial charge in [0.25, 0.3) is 15.9 Å². The number of sulfonamides is 1. The van der Waals surface area contributed by atoms with Crippen LogP contribution in [-0.2, 0) is 14.8 Å². The van der Waals surface area contributed by atoms with Gasteiger partial charge in [-0.2, -0.15) is 5.10 Å². The highest BCUT2D eigenvalue weighted by Crippen LogP contribution is 2.30. The minimum atomic E-state index is -4.03. The number of carbonyl (C=O) groups is 1. The van der Waals surface area contributed by atoms with Crippen LogP contribution in [-0.4, -0.2) is 26.6 Å². The molecule has 31 heavy (non-hydrogen) atoms. The lowest BCUT2D eigenvalue weighted by molar-refractivity contribution is -0.119. The lowest BCUT2D eigenvalue weighted by atomic mass is 10.1. The number of hydrogen-bond acceptors (Lipinski definition) is 4. The summed E-state index contributed by atoms with van der Waals surface area (Å²) in [4.78, 5) is 12.7. The number of para-hydroxylation sites is 1. The van der Waals surface area contributed by atoms with Crippen molar-refractivity contribution in [1.82, 2.24) is 5.43 Å². The third-order valence-electron chi connectivity index (χ3n) is 4.33. The predicted octanol–water partition coefficient (Wildman–Crippen LogP) is 4.68. The van der Waals surface area contributed by atoms with E-state index in [-0.39, 0.29) is 15.6 Å². The van der Waals surface area contributed by atoms with Gasteiger partial charge in [-0.15, -0.1) is 0 Å². The molecule has 0 aliphatic rings. The molecule has 0 bridgehead atoms. The zero-order valence-corrected chi connectivity index (χ0v) is 20.2. The van der Waals surface area contributed by atoms with Crippen molar-refractivity contribution in [2.75, 3.05) is 10.8 Å². The Morgan fingerprint density at radius 3 is 2.39 bits per heavy atom. The fraction of sp³-hybridized carbons (Fsp3) is 0.0909. The first-order valence-electron chi connectivity index (χ1n) is 9.20. The highest BCUT2D eigenvalue weighted by Gasteiger charge is 2.28. The monoisotopic (exact) mass is 567 g/mol. The van der Waals surface area contributed by atoms with Crippen LogP contribution in [0.5, 0.6) is 0 Å². The summed E-state index contributed by atoms with van der Waals surface area (Å²) in [7, 11) is -4.03. The highest BCUT2D eigenvalue weighted by molar-refractivity contribution is 14.1. The molecule has 9 heteroatoms. The summed E-state index contributed by atoms with van der Waals surface area (Å²) in [5.74, 6) is -0.593. The molecule has 6 nitrogen and oxygen atoms in total. The van der Waals surface area contributed by atoms with E-state index in [9.17, 15) is 13.2 Å². The molecule has 160 valence electrons. The zero-order chi connectivity index (χ0) is 22.4. The third-order valence-corrected chi connectivity index (χ3v) is 7.09. The Balaban J connectivity index is 1.88. The minimum absolute atomic E-state index is 0.0567. The minimum Gasteiger partial charge on any atom is -0.271 e. The van der Waals surface area contributed by atoms with Crippen LogP contribution in [0, 0.1) is 3.57 Å². The quantitative estimate of drug-likeness (QED) is 0.256. The van der Waals surface area contributed by atoms with Crippen LogP contribution in [0.4, 0.5) is 5.69 Å². The molecule has 1 N–H and O–H groups in total. The molecule has 3 aromatic rings. The summed E-state index contributed by atoms with van der Waals surface area (Å²) in [6.45, 7) is 1.28. The summed E-state index contributed by atoms with van der Waals surface area (Å²) in [5, 5.41) is 4.33. The molecule has 3 aromatic carbocycles. The van der Waals surface area contributed by atoms with E-state index in [0.717, 1.165) is 13.4 Å². The SMILES string of the molecule is C/C(=N/NC(=O)CN(c1ccccc1Cl)S(=O)(=O)c1ccccc1)c1cccc(I)c1. The Morgan fingerprint density at radius 1 is 1.03 bits per heavy atom. The number of anilines is 1.